The average Bonchev–Trinajstić information content (AvgIpc) is 2.43. The zero-order valence-electron chi connectivity index (χ0n) is 11.9. The number of carbonyl (C=O) groups is 1. The van der Waals surface area contributed by atoms with Crippen LogP contribution >= 0.6 is 0 Å². The molecule has 0 saturated heterocycles. The van der Waals surface area contributed by atoms with E-state index in [1.807, 2.05) is 0 Å². The van der Waals surface area contributed by atoms with Gasteiger partial charge >= 0.3 is 12.2 Å². The predicted octanol–water partition coefficient (Wildman–Crippen LogP) is 2.31. The molecule has 22 heavy (non-hydrogen) atoms. The highest BCUT2D eigenvalue weighted by Crippen LogP contribution is 2.25. The van der Waals surface area contributed by atoms with Gasteiger partial charge in [0.15, 0.2) is 0 Å². The van der Waals surface area contributed by atoms with Crippen LogP contribution in [0.5, 0.6) is 0 Å². The van der Waals surface area contributed by atoms with E-state index in [0.29, 0.717) is 19.6 Å². The van der Waals surface area contributed by atoms with E-state index in [2.05, 4.69) is 10.6 Å². The normalized spacial score (nSPS) is 11.3. The summed E-state index contributed by atoms with van der Waals surface area (Å²) in [5, 5.41) is 13.4. The number of halogens is 3. The Morgan fingerprint density at radius 1 is 1.23 bits per heavy atom. The van der Waals surface area contributed by atoms with Crippen LogP contribution in [-0.4, -0.2) is 43.7 Å². The Morgan fingerprint density at radius 3 is 2.64 bits per heavy atom. The molecular weight excluding hydrogens is 301 g/mol. The molecule has 0 spiro atoms. The summed E-state index contributed by atoms with van der Waals surface area (Å²) >= 11 is 0. The van der Waals surface area contributed by atoms with Crippen molar-refractivity contribution in [2.75, 3.05) is 31.7 Å². The van der Waals surface area contributed by atoms with Gasteiger partial charge in [0.05, 0.1) is 19.6 Å². The van der Waals surface area contributed by atoms with Crippen LogP contribution in [0.4, 0.5) is 23.7 Å². The highest BCUT2D eigenvalue weighted by Gasteiger charge is 2.28. The molecule has 5 nitrogen and oxygen atoms in total. The first kappa shape index (κ1) is 18.2. The minimum atomic E-state index is -4.34. The quantitative estimate of drug-likeness (QED) is 0.644. The van der Waals surface area contributed by atoms with Gasteiger partial charge in [0, 0.05) is 18.8 Å². The number of aliphatic hydroxyl groups excluding tert-OH is 1. The molecule has 0 aliphatic rings. The minimum Gasteiger partial charge on any atom is -0.394 e. The number of amides is 2. The molecule has 1 aromatic rings. The molecular formula is C14H19F3N2O3. The van der Waals surface area contributed by atoms with Gasteiger partial charge < -0.3 is 20.5 Å². The minimum absolute atomic E-state index is 0.0106. The molecule has 2 amide bonds. The summed E-state index contributed by atoms with van der Waals surface area (Å²) < 4.78 is 42.4. The molecule has 1 rings (SSSR count). The monoisotopic (exact) mass is 320 g/mol. The van der Waals surface area contributed by atoms with Gasteiger partial charge in [-0.3, -0.25) is 0 Å². The highest BCUT2D eigenvalue weighted by molar-refractivity contribution is 5.90. The third-order valence-corrected chi connectivity index (χ3v) is 2.64. The van der Waals surface area contributed by atoms with Crippen LogP contribution in [0, 0.1) is 0 Å². The maximum absolute atomic E-state index is 12.4. The van der Waals surface area contributed by atoms with Gasteiger partial charge in [0.1, 0.15) is 0 Å². The van der Waals surface area contributed by atoms with E-state index in [-0.39, 0.29) is 24.5 Å². The average molecular weight is 320 g/mol. The summed E-state index contributed by atoms with van der Waals surface area (Å²) in [7, 11) is 0. The fourth-order valence-electron chi connectivity index (χ4n) is 1.72. The molecule has 124 valence electrons. The standard InChI is InChI=1S/C14H19F3N2O3/c15-14(16,17)10-11-4-1-2-5-12(11)19-13(21)18-6-3-8-22-9-7-20/h1-2,4-5,20H,3,6-10H2,(H2,18,19,21). The van der Waals surface area contributed by atoms with Crippen molar-refractivity contribution in [3.63, 3.8) is 0 Å². The molecule has 0 radical (unpaired) electrons. The Hall–Kier alpha value is -1.80. The van der Waals surface area contributed by atoms with Gasteiger partial charge in [-0.1, -0.05) is 18.2 Å². The fourth-order valence-corrected chi connectivity index (χ4v) is 1.72. The molecule has 0 unspecified atom stereocenters. The van der Waals surface area contributed by atoms with E-state index in [1.54, 1.807) is 6.07 Å². The van der Waals surface area contributed by atoms with Crippen LogP contribution in [0.1, 0.15) is 12.0 Å². The number of benzene rings is 1. The molecule has 0 aliphatic carbocycles. The zero-order chi connectivity index (χ0) is 16.4. The van der Waals surface area contributed by atoms with Gasteiger partial charge in [0.25, 0.3) is 0 Å². The van der Waals surface area contributed by atoms with Crippen LogP contribution in [0.15, 0.2) is 24.3 Å². The summed E-state index contributed by atoms with van der Waals surface area (Å²) in [6.07, 6.45) is -4.89. The lowest BCUT2D eigenvalue weighted by molar-refractivity contribution is -0.127. The summed E-state index contributed by atoms with van der Waals surface area (Å²) in [6.45, 7) is 0.866. The summed E-state index contributed by atoms with van der Waals surface area (Å²) in [6, 6.07) is 5.22. The van der Waals surface area contributed by atoms with Crippen LogP contribution in [0.2, 0.25) is 0 Å². The van der Waals surface area contributed by atoms with Crippen LogP contribution in [-0.2, 0) is 11.2 Å². The Labute approximate surface area is 126 Å². The third-order valence-electron chi connectivity index (χ3n) is 2.64. The van der Waals surface area contributed by atoms with Crippen molar-refractivity contribution in [2.24, 2.45) is 0 Å². The third kappa shape index (κ3) is 7.84. The van der Waals surface area contributed by atoms with Crippen molar-refractivity contribution in [2.45, 2.75) is 19.0 Å². The second-order valence-corrected chi connectivity index (χ2v) is 4.52. The molecule has 0 saturated carbocycles. The van der Waals surface area contributed by atoms with E-state index in [1.165, 1.54) is 18.2 Å². The molecule has 3 N–H and O–H groups in total. The molecule has 0 aliphatic heterocycles. The Balaban J connectivity index is 2.41. The van der Waals surface area contributed by atoms with Crippen LogP contribution in [0.3, 0.4) is 0 Å². The van der Waals surface area contributed by atoms with Crippen molar-refractivity contribution in [1.29, 1.82) is 0 Å². The molecule has 0 atom stereocenters. The van der Waals surface area contributed by atoms with Crippen molar-refractivity contribution in [1.82, 2.24) is 5.32 Å². The lowest BCUT2D eigenvalue weighted by Gasteiger charge is -2.13. The number of hydrogen-bond acceptors (Lipinski definition) is 3. The smallest absolute Gasteiger partial charge is 0.393 e. The van der Waals surface area contributed by atoms with E-state index in [4.69, 9.17) is 9.84 Å². The number of carbonyl (C=O) groups excluding carboxylic acids is 1. The number of hydrogen-bond donors (Lipinski definition) is 3. The summed E-state index contributed by atoms with van der Waals surface area (Å²) in [5.74, 6) is 0. The van der Waals surface area contributed by atoms with E-state index in [0.717, 1.165) is 0 Å². The van der Waals surface area contributed by atoms with Gasteiger partial charge in [-0.15, -0.1) is 0 Å². The highest BCUT2D eigenvalue weighted by atomic mass is 19.4. The van der Waals surface area contributed by atoms with Crippen LogP contribution < -0.4 is 10.6 Å². The van der Waals surface area contributed by atoms with E-state index in [9.17, 15) is 18.0 Å². The maximum Gasteiger partial charge on any atom is 0.393 e. The lowest BCUT2D eigenvalue weighted by atomic mass is 10.1. The van der Waals surface area contributed by atoms with Gasteiger partial charge in [-0.2, -0.15) is 13.2 Å². The van der Waals surface area contributed by atoms with Gasteiger partial charge in [0.2, 0.25) is 0 Å². The molecule has 1 aromatic carbocycles. The van der Waals surface area contributed by atoms with Gasteiger partial charge in [-0.05, 0) is 18.1 Å². The first-order valence-corrected chi connectivity index (χ1v) is 6.80. The Kier molecular flexibility index (Phi) is 7.69. The van der Waals surface area contributed by atoms with Crippen molar-refractivity contribution in [3.8, 4) is 0 Å². The van der Waals surface area contributed by atoms with E-state index >= 15 is 0 Å². The first-order chi connectivity index (χ1) is 10.4. The lowest BCUT2D eigenvalue weighted by Crippen LogP contribution is -2.30. The Morgan fingerprint density at radius 2 is 1.95 bits per heavy atom. The number of nitrogens with one attached hydrogen (secondary N) is 2. The fraction of sp³-hybridized carbons (Fsp3) is 0.500. The maximum atomic E-state index is 12.4. The van der Waals surface area contributed by atoms with Crippen molar-refractivity contribution >= 4 is 11.7 Å². The summed E-state index contributed by atoms with van der Waals surface area (Å²) in [4.78, 5) is 11.6. The second-order valence-electron chi connectivity index (χ2n) is 4.52. The van der Waals surface area contributed by atoms with Gasteiger partial charge in [-0.25, -0.2) is 4.79 Å². The second kappa shape index (κ2) is 9.26. The molecule has 0 heterocycles. The number of rotatable bonds is 8. The van der Waals surface area contributed by atoms with E-state index < -0.39 is 18.6 Å². The topological polar surface area (TPSA) is 70.6 Å². The van der Waals surface area contributed by atoms with Crippen molar-refractivity contribution in [3.05, 3.63) is 29.8 Å². The predicted molar refractivity (Wildman–Crippen MR) is 75.7 cm³/mol. The largest absolute Gasteiger partial charge is 0.394 e. The summed E-state index contributed by atoms with van der Waals surface area (Å²) in [5.41, 5.74) is 0.144. The van der Waals surface area contributed by atoms with Crippen molar-refractivity contribution < 1.29 is 27.8 Å². The molecule has 0 fully saturated rings. The Bertz CT molecular complexity index is 467. The molecule has 8 heteroatoms. The molecule has 0 bridgehead atoms. The number of alkyl halides is 3. The van der Waals surface area contributed by atoms with Crippen LogP contribution in [0.25, 0.3) is 0 Å². The zero-order valence-corrected chi connectivity index (χ0v) is 11.9. The SMILES string of the molecule is O=C(NCCCOCCO)Nc1ccccc1CC(F)(F)F. The number of para-hydroxylation sites is 1. The molecule has 0 aromatic heterocycles. The number of aliphatic hydroxyl groups is 1. The number of urea groups is 1. The first-order valence-electron chi connectivity index (χ1n) is 6.80. The number of ether oxygens (including phenoxy) is 1. The number of anilines is 1.